The molecule has 1 aromatic carbocycles. The lowest BCUT2D eigenvalue weighted by Gasteiger charge is -2.31. The molecule has 7 nitrogen and oxygen atoms in total. The molecule has 24 heavy (non-hydrogen) atoms. The van der Waals surface area contributed by atoms with E-state index in [1.165, 1.54) is 5.56 Å². The molecule has 1 atom stereocenters. The molecule has 1 aromatic heterocycles. The van der Waals surface area contributed by atoms with Gasteiger partial charge in [-0.15, -0.1) is 10.2 Å². The van der Waals surface area contributed by atoms with Gasteiger partial charge in [0.15, 0.2) is 5.82 Å². The molecule has 1 aliphatic rings. The standard InChI is InChI=1S/C17H23N5O2/c1-13-5-3-4-6-14(13)9-18-16(23)11-22-7-8-24-15(10-22)17-20-19-12-21(17)2/h3-6,12,15H,7-11H2,1-2H3,(H,18,23)/t15-/m0/s1. The van der Waals surface area contributed by atoms with E-state index in [0.29, 0.717) is 26.2 Å². The van der Waals surface area contributed by atoms with Crippen molar-refractivity contribution in [1.82, 2.24) is 25.0 Å². The average Bonchev–Trinajstić information content (AvgIpc) is 3.00. The lowest BCUT2D eigenvalue weighted by Crippen LogP contribution is -2.44. The number of nitrogens with one attached hydrogen (secondary N) is 1. The molecular formula is C17H23N5O2. The van der Waals surface area contributed by atoms with Crippen molar-refractivity contribution >= 4 is 5.91 Å². The summed E-state index contributed by atoms with van der Waals surface area (Å²) < 4.78 is 7.62. The third-order valence-corrected chi connectivity index (χ3v) is 4.29. The molecule has 2 heterocycles. The monoisotopic (exact) mass is 329 g/mol. The van der Waals surface area contributed by atoms with Gasteiger partial charge in [0.2, 0.25) is 5.91 Å². The zero-order chi connectivity index (χ0) is 16.9. The summed E-state index contributed by atoms with van der Waals surface area (Å²) in [5.74, 6) is 0.817. The minimum Gasteiger partial charge on any atom is -0.368 e. The number of rotatable bonds is 5. The van der Waals surface area contributed by atoms with Crippen LogP contribution < -0.4 is 5.32 Å². The van der Waals surface area contributed by atoms with E-state index in [-0.39, 0.29) is 12.0 Å². The first-order valence-electron chi connectivity index (χ1n) is 8.12. The number of carbonyl (C=O) groups excluding carboxylic acids is 1. The van der Waals surface area contributed by atoms with Crippen LogP contribution >= 0.6 is 0 Å². The number of hydrogen-bond acceptors (Lipinski definition) is 5. The number of ether oxygens (including phenoxy) is 1. The number of benzene rings is 1. The molecule has 1 fully saturated rings. The molecule has 128 valence electrons. The lowest BCUT2D eigenvalue weighted by atomic mass is 10.1. The Morgan fingerprint density at radius 3 is 3.00 bits per heavy atom. The van der Waals surface area contributed by atoms with Crippen molar-refractivity contribution in [3.05, 3.63) is 47.5 Å². The first-order valence-corrected chi connectivity index (χ1v) is 8.12. The molecule has 0 saturated carbocycles. The number of aromatic nitrogens is 3. The second-order valence-electron chi connectivity index (χ2n) is 6.10. The second kappa shape index (κ2) is 7.55. The zero-order valence-electron chi connectivity index (χ0n) is 14.1. The van der Waals surface area contributed by atoms with Gasteiger partial charge in [-0.05, 0) is 18.1 Å². The number of aryl methyl sites for hydroxylation is 2. The molecule has 0 spiro atoms. The second-order valence-corrected chi connectivity index (χ2v) is 6.10. The Balaban J connectivity index is 1.51. The predicted octanol–water partition coefficient (Wildman–Crippen LogP) is 0.813. The van der Waals surface area contributed by atoms with Crippen molar-refractivity contribution in [2.24, 2.45) is 7.05 Å². The molecule has 0 aliphatic carbocycles. The van der Waals surface area contributed by atoms with E-state index in [4.69, 9.17) is 4.74 Å². The van der Waals surface area contributed by atoms with Crippen molar-refractivity contribution in [2.75, 3.05) is 26.2 Å². The van der Waals surface area contributed by atoms with Gasteiger partial charge in [-0.3, -0.25) is 9.69 Å². The molecule has 1 saturated heterocycles. The molecule has 1 amide bonds. The van der Waals surface area contributed by atoms with Gasteiger partial charge >= 0.3 is 0 Å². The van der Waals surface area contributed by atoms with Crippen LogP contribution in [0.2, 0.25) is 0 Å². The Labute approximate surface area is 141 Å². The summed E-state index contributed by atoms with van der Waals surface area (Å²) >= 11 is 0. The summed E-state index contributed by atoms with van der Waals surface area (Å²) in [5.41, 5.74) is 2.33. The van der Waals surface area contributed by atoms with Crippen LogP contribution in [0.1, 0.15) is 23.1 Å². The van der Waals surface area contributed by atoms with Gasteiger partial charge in [-0.1, -0.05) is 24.3 Å². The smallest absolute Gasteiger partial charge is 0.234 e. The third-order valence-electron chi connectivity index (χ3n) is 4.29. The molecule has 1 aliphatic heterocycles. The topological polar surface area (TPSA) is 72.3 Å². The number of nitrogens with zero attached hydrogens (tertiary/aromatic N) is 4. The Hall–Kier alpha value is -2.25. The highest BCUT2D eigenvalue weighted by atomic mass is 16.5. The van der Waals surface area contributed by atoms with Crippen LogP contribution in [0.25, 0.3) is 0 Å². The first kappa shape index (κ1) is 16.6. The van der Waals surface area contributed by atoms with Crippen LogP contribution in [0.3, 0.4) is 0 Å². The van der Waals surface area contributed by atoms with Crippen LogP contribution in [-0.2, 0) is 23.1 Å². The maximum absolute atomic E-state index is 12.2. The van der Waals surface area contributed by atoms with Crippen molar-refractivity contribution in [3.63, 3.8) is 0 Å². The highest BCUT2D eigenvalue weighted by Crippen LogP contribution is 2.19. The maximum atomic E-state index is 12.2. The average molecular weight is 329 g/mol. The Morgan fingerprint density at radius 1 is 1.42 bits per heavy atom. The Morgan fingerprint density at radius 2 is 2.25 bits per heavy atom. The largest absolute Gasteiger partial charge is 0.368 e. The summed E-state index contributed by atoms with van der Waals surface area (Å²) in [4.78, 5) is 14.3. The molecule has 0 radical (unpaired) electrons. The number of carbonyl (C=O) groups is 1. The number of hydrogen-bond donors (Lipinski definition) is 1. The molecular weight excluding hydrogens is 306 g/mol. The van der Waals surface area contributed by atoms with Gasteiger partial charge < -0.3 is 14.6 Å². The van der Waals surface area contributed by atoms with Crippen molar-refractivity contribution < 1.29 is 9.53 Å². The van der Waals surface area contributed by atoms with Crippen LogP contribution in [0.5, 0.6) is 0 Å². The quantitative estimate of drug-likeness (QED) is 0.879. The fraction of sp³-hybridized carbons (Fsp3) is 0.471. The highest BCUT2D eigenvalue weighted by molar-refractivity contribution is 5.78. The van der Waals surface area contributed by atoms with Crippen LogP contribution in [0, 0.1) is 6.92 Å². The fourth-order valence-electron chi connectivity index (χ4n) is 2.85. The van der Waals surface area contributed by atoms with E-state index in [1.54, 1.807) is 6.33 Å². The van der Waals surface area contributed by atoms with Gasteiger partial charge in [-0.2, -0.15) is 0 Å². The minimum atomic E-state index is -0.143. The van der Waals surface area contributed by atoms with Gasteiger partial charge in [0.25, 0.3) is 0 Å². The highest BCUT2D eigenvalue weighted by Gasteiger charge is 2.26. The van der Waals surface area contributed by atoms with Crippen LogP contribution in [-0.4, -0.2) is 51.8 Å². The van der Waals surface area contributed by atoms with E-state index in [2.05, 4.69) is 33.4 Å². The predicted molar refractivity (Wildman–Crippen MR) is 89.2 cm³/mol. The maximum Gasteiger partial charge on any atom is 0.234 e. The molecule has 7 heteroatoms. The minimum absolute atomic E-state index is 0.0249. The number of amides is 1. The van der Waals surface area contributed by atoms with Crippen molar-refractivity contribution in [2.45, 2.75) is 19.6 Å². The zero-order valence-corrected chi connectivity index (χ0v) is 14.1. The summed E-state index contributed by atoms with van der Waals surface area (Å²) in [6.07, 6.45) is 1.52. The summed E-state index contributed by atoms with van der Waals surface area (Å²) in [7, 11) is 1.90. The van der Waals surface area contributed by atoms with E-state index in [9.17, 15) is 4.79 Å². The SMILES string of the molecule is Cc1ccccc1CNC(=O)CN1CCO[C@H](c2nncn2C)C1. The van der Waals surface area contributed by atoms with E-state index in [1.807, 2.05) is 29.8 Å². The summed E-state index contributed by atoms with van der Waals surface area (Å²) in [6, 6.07) is 8.08. The molecule has 0 bridgehead atoms. The normalized spacial score (nSPS) is 18.5. The van der Waals surface area contributed by atoms with Gasteiger partial charge in [-0.25, -0.2) is 0 Å². The van der Waals surface area contributed by atoms with Crippen molar-refractivity contribution in [1.29, 1.82) is 0 Å². The van der Waals surface area contributed by atoms with Gasteiger partial charge in [0, 0.05) is 26.7 Å². The molecule has 0 unspecified atom stereocenters. The van der Waals surface area contributed by atoms with E-state index in [0.717, 1.165) is 17.9 Å². The summed E-state index contributed by atoms with van der Waals surface area (Å²) in [5, 5.41) is 11.0. The fourth-order valence-corrected chi connectivity index (χ4v) is 2.85. The van der Waals surface area contributed by atoms with E-state index >= 15 is 0 Å². The molecule has 2 aromatic rings. The summed E-state index contributed by atoms with van der Waals surface area (Å²) in [6.45, 7) is 4.94. The third kappa shape index (κ3) is 3.98. The Kier molecular flexibility index (Phi) is 5.22. The van der Waals surface area contributed by atoms with Crippen LogP contribution in [0.4, 0.5) is 0 Å². The first-order chi connectivity index (χ1) is 11.6. The Bertz CT molecular complexity index is 700. The van der Waals surface area contributed by atoms with E-state index < -0.39 is 0 Å². The van der Waals surface area contributed by atoms with Crippen LogP contribution in [0.15, 0.2) is 30.6 Å². The van der Waals surface area contributed by atoms with Gasteiger partial charge in [0.05, 0.1) is 13.2 Å². The number of morpholine rings is 1. The molecule has 3 rings (SSSR count). The molecule has 1 N–H and O–H groups in total. The lowest BCUT2D eigenvalue weighted by molar-refractivity contribution is -0.124. The van der Waals surface area contributed by atoms with Gasteiger partial charge in [0.1, 0.15) is 12.4 Å². The van der Waals surface area contributed by atoms with Crippen molar-refractivity contribution in [3.8, 4) is 0 Å².